The first-order valence-corrected chi connectivity index (χ1v) is 5.76. The van der Waals surface area contributed by atoms with Crippen LogP contribution < -0.4 is 10.2 Å². The molecule has 0 radical (unpaired) electrons. The van der Waals surface area contributed by atoms with Gasteiger partial charge in [0.05, 0.1) is 0 Å². The Balaban J connectivity index is 1.91. The van der Waals surface area contributed by atoms with Crippen LogP contribution in [0.2, 0.25) is 0 Å². The number of thiophene rings is 1. The molecule has 1 aromatic rings. The molecule has 13 heavy (non-hydrogen) atoms. The van der Waals surface area contributed by atoms with Crippen molar-refractivity contribution >= 4 is 17.0 Å². The van der Waals surface area contributed by atoms with Crippen molar-refractivity contribution in [2.45, 2.75) is 6.42 Å². The summed E-state index contributed by atoms with van der Waals surface area (Å²) in [6.07, 6.45) is 1.33. The number of rotatable bonds is 3. The average molecular weight is 196 g/mol. The van der Waals surface area contributed by atoms with Gasteiger partial charge in [-0.25, -0.2) is 0 Å². The molecule has 0 spiro atoms. The zero-order chi connectivity index (χ0) is 9.10. The first kappa shape index (κ1) is 9.03. The van der Waals surface area contributed by atoms with Crippen LogP contribution in [0.5, 0.6) is 0 Å². The van der Waals surface area contributed by atoms with E-state index in [-0.39, 0.29) is 0 Å². The van der Waals surface area contributed by atoms with Crippen molar-refractivity contribution < 1.29 is 0 Å². The smallest absolute Gasteiger partial charge is 0.0474 e. The summed E-state index contributed by atoms with van der Waals surface area (Å²) in [6, 6.07) is 2.21. The quantitative estimate of drug-likeness (QED) is 0.793. The molecule has 0 bridgehead atoms. The van der Waals surface area contributed by atoms with Crippen LogP contribution in [0.4, 0.5) is 5.69 Å². The Morgan fingerprint density at radius 3 is 3.31 bits per heavy atom. The highest BCUT2D eigenvalue weighted by Gasteiger charge is 2.21. The van der Waals surface area contributed by atoms with Gasteiger partial charge in [-0.05, 0) is 37.4 Å². The highest BCUT2D eigenvalue weighted by Crippen LogP contribution is 2.25. The summed E-state index contributed by atoms with van der Waals surface area (Å²) in [5.41, 5.74) is 1.41. The molecule has 0 aliphatic carbocycles. The molecule has 1 N–H and O–H groups in total. The fraction of sp³-hybridized carbons (Fsp3) is 0.600. The molecular weight excluding hydrogens is 180 g/mol. The van der Waals surface area contributed by atoms with E-state index in [1.807, 2.05) is 7.05 Å². The third-order valence-corrected chi connectivity index (χ3v) is 3.32. The molecule has 2 rings (SSSR count). The van der Waals surface area contributed by atoms with Crippen LogP contribution in [-0.2, 0) is 0 Å². The second-order valence-electron chi connectivity index (χ2n) is 3.64. The summed E-state index contributed by atoms with van der Waals surface area (Å²) in [5.74, 6) is 0.838. The summed E-state index contributed by atoms with van der Waals surface area (Å²) >= 11 is 1.78. The van der Waals surface area contributed by atoms with Crippen LogP contribution in [0.25, 0.3) is 0 Å². The lowest BCUT2D eigenvalue weighted by Crippen LogP contribution is -2.23. The van der Waals surface area contributed by atoms with E-state index < -0.39 is 0 Å². The van der Waals surface area contributed by atoms with Gasteiger partial charge in [-0.1, -0.05) is 0 Å². The van der Waals surface area contributed by atoms with Crippen LogP contribution in [0, 0.1) is 5.92 Å². The van der Waals surface area contributed by atoms with E-state index in [9.17, 15) is 0 Å². The fourth-order valence-electron chi connectivity index (χ4n) is 1.96. The number of hydrogen-bond acceptors (Lipinski definition) is 3. The molecule has 0 amide bonds. The third-order valence-electron chi connectivity index (χ3n) is 2.65. The number of nitrogens with one attached hydrogen (secondary N) is 1. The number of nitrogens with zero attached hydrogens (tertiary/aromatic N) is 1. The zero-order valence-corrected chi connectivity index (χ0v) is 8.81. The largest absolute Gasteiger partial charge is 0.371 e. The van der Waals surface area contributed by atoms with Crippen LogP contribution in [-0.4, -0.2) is 26.7 Å². The molecule has 2 heterocycles. The van der Waals surface area contributed by atoms with Crippen molar-refractivity contribution in [2.75, 3.05) is 31.6 Å². The Morgan fingerprint density at radius 1 is 1.69 bits per heavy atom. The predicted octanol–water partition coefficient (Wildman–Crippen LogP) is 1.79. The molecular formula is C10H16N2S. The number of hydrogen-bond donors (Lipinski definition) is 1. The molecule has 0 saturated carbocycles. The Hall–Kier alpha value is -0.540. The lowest BCUT2D eigenvalue weighted by Gasteiger charge is -2.16. The maximum atomic E-state index is 3.25. The van der Waals surface area contributed by atoms with Gasteiger partial charge >= 0.3 is 0 Å². The lowest BCUT2D eigenvalue weighted by molar-refractivity contribution is 0.549. The Kier molecular flexibility index (Phi) is 2.86. The van der Waals surface area contributed by atoms with Gasteiger partial charge in [0.15, 0.2) is 0 Å². The van der Waals surface area contributed by atoms with Crippen molar-refractivity contribution in [1.29, 1.82) is 0 Å². The topological polar surface area (TPSA) is 15.3 Å². The summed E-state index contributed by atoms with van der Waals surface area (Å²) in [5, 5.41) is 7.64. The summed E-state index contributed by atoms with van der Waals surface area (Å²) in [6.45, 7) is 3.60. The first-order chi connectivity index (χ1) is 6.40. The summed E-state index contributed by atoms with van der Waals surface area (Å²) in [4.78, 5) is 2.48. The molecule has 0 aromatic carbocycles. The maximum Gasteiger partial charge on any atom is 0.0474 e. The molecule has 1 unspecified atom stereocenters. The molecule has 1 atom stereocenters. The second kappa shape index (κ2) is 4.11. The second-order valence-corrected chi connectivity index (χ2v) is 4.42. The van der Waals surface area contributed by atoms with Gasteiger partial charge in [0.25, 0.3) is 0 Å². The van der Waals surface area contributed by atoms with E-state index >= 15 is 0 Å². The summed E-state index contributed by atoms with van der Waals surface area (Å²) in [7, 11) is 2.03. The minimum absolute atomic E-state index is 0.838. The molecule has 1 saturated heterocycles. The van der Waals surface area contributed by atoms with Crippen molar-refractivity contribution in [3.8, 4) is 0 Å². The van der Waals surface area contributed by atoms with Gasteiger partial charge in [0.1, 0.15) is 0 Å². The standard InChI is InChI=1S/C10H16N2S/c1-11-6-9-2-4-12(7-9)10-3-5-13-8-10/h3,5,8-9,11H,2,4,6-7H2,1H3. The van der Waals surface area contributed by atoms with E-state index in [2.05, 4.69) is 27.0 Å². The minimum Gasteiger partial charge on any atom is -0.371 e. The Morgan fingerprint density at radius 2 is 2.62 bits per heavy atom. The van der Waals surface area contributed by atoms with E-state index in [0.717, 1.165) is 12.5 Å². The fourth-order valence-corrected chi connectivity index (χ4v) is 2.62. The monoisotopic (exact) mass is 196 g/mol. The third kappa shape index (κ3) is 2.03. The van der Waals surface area contributed by atoms with Gasteiger partial charge in [-0.15, -0.1) is 0 Å². The molecule has 1 fully saturated rings. The predicted molar refractivity (Wildman–Crippen MR) is 58.6 cm³/mol. The summed E-state index contributed by atoms with van der Waals surface area (Å²) < 4.78 is 0. The minimum atomic E-state index is 0.838. The van der Waals surface area contributed by atoms with Gasteiger partial charge in [-0.2, -0.15) is 11.3 Å². The maximum absolute atomic E-state index is 3.25. The molecule has 2 nitrogen and oxygen atoms in total. The van der Waals surface area contributed by atoms with Gasteiger partial charge in [0.2, 0.25) is 0 Å². The van der Waals surface area contributed by atoms with E-state index in [1.54, 1.807) is 11.3 Å². The molecule has 1 aliphatic heterocycles. The van der Waals surface area contributed by atoms with Crippen LogP contribution >= 0.6 is 11.3 Å². The highest BCUT2D eigenvalue weighted by atomic mass is 32.1. The Labute approximate surface area is 83.6 Å². The molecule has 1 aromatic heterocycles. The van der Waals surface area contributed by atoms with Gasteiger partial charge in [0, 0.05) is 24.2 Å². The van der Waals surface area contributed by atoms with Crippen LogP contribution in [0.15, 0.2) is 16.8 Å². The van der Waals surface area contributed by atoms with Crippen LogP contribution in [0.1, 0.15) is 6.42 Å². The van der Waals surface area contributed by atoms with E-state index in [4.69, 9.17) is 0 Å². The van der Waals surface area contributed by atoms with E-state index in [1.165, 1.54) is 25.2 Å². The first-order valence-electron chi connectivity index (χ1n) is 4.82. The Bertz CT molecular complexity index is 245. The normalized spacial score (nSPS) is 22.5. The number of anilines is 1. The van der Waals surface area contributed by atoms with Crippen LogP contribution in [0.3, 0.4) is 0 Å². The van der Waals surface area contributed by atoms with Crippen molar-refractivity contribution in [3.05, 3.63) is 16.8 Å². The molecule has 1 aliphatic rings. The average Bonchev–Trinajstić information content (AvgIpc) is 2.70. The van der Waals surface area contributed by atoms with Gasteiger partial charge in [-0.3, -0.25) is 0 Å². The molecule has 72 valence electrons. The van der Waals surface area contributed by atoms with Crippen molar-refractivity contribution in [1.82, 2.24) is 5.32 Å². The van der Waals surface area contributed by atoms with Crippen molar-refractivity contribution in [2.24, 2.45) is 5.92 Å². The van der Waals surface area contributed by atoms with Crippen molar-refractivity contribution in [3.63, 3.8) is 0 Å². The highest BCUT2D eigenvalue weighted by molar-refractivity contribution is 7.08. The zero-order valence-electron chi connectivity index (χ0n) is 7.99. The lowest BCUT2D eigenvalue weighted by atomic mass is 10.1. The molecule has 3 heteroatoms. The van der Waals surface area contributed by atoms with Gasteiger partial charge < -0.3 is 10.2 Å². The SMILES string of the molecule is CNCC1CCN(c2ccsc2)C1. The van der Waals surface area contributed by atoms with E-state index in [0.29, 0.717) is 0 Å².